The third kappa shape index (κ3) is 5.64. The molecule has 1 aliphatic heterocycles. The lowest BCUT2D eigenvalue weighted by molar-refractivity contribution is -0.123. The van der Waals surface area contributed by atoms with Crippen molar-refractivity contribution in [2.75, 3.05) is 32.6 Å². The lowest BCUT2D eigenvalue weighted by Gasteiger charge is -2.29. The van der Waals surface area contributed by atoms with Crippen molar-refractivity contribution in [3.05, 3.63) is 64.7 Å². The second-order valence-corrected chi connectivity index (χ2v) is 10.5. The standard InChI is InChI=1S/C30H32N4O5S/c1-5-13-34-14-12-23-21(16-34)27(20-8-6-7-9-22(20)31-23)29(36)39-18(2)28(35)33-30-32-24(17-40-30)19-10-11-25(37-3)26(15-19)38-4/h6-11,15,17-18H,5,12-14,16H2,1-4H3,(H,32,33,35). The molecule has 2 aromatic heterocycles. The zero-order chi connectivity index (χ0) is 28.2. The highest BCUT2D eigenvalue weighted by molar-refractivity contribution is 7.14. The Balaban J connectivity index is 1.33. The van der Waals surface area contributed by atoms with Crippen molar-refractivity contribution >= 4 is 39.2 Å². The van der Waals surface area contributed by atoms with E-state index in [1.54, 1.807) is 27.2 Å². The Kier molecular flexibility index (Phi) is 8.27. The lowest BCUT2D eigenvalue weighted by atomic mass is 9.95. The molecule has 1 amide bonds. The molecule has 0 saturated carbocycles. The van der Waals surface area contributed by atoms with E-state index in [2.05, 4.69) is 22.1 Å². The number of nitrogens with one attached hydrogen (secondary N) is 1. The molecule has 40 heavy (non-hydrogen) atoms. The summed E-state index contributed by atoms with van der Waals surface area (Å²) in [6.07, 6.45) is 0.764. The van der Waals surface area contributed by atoms with Crippen LogP contribution in [0.4, 0.5) is 5.13 Å². The lowest BCUT2D eigenvalue weighted by Crippen LogP contribution is -2.34. The van der Waals surface area contributed by atoms with E-state index in [4.69, 9.17) is 19.2 Å². The number of esters is 1. The van der Waals surface area contributed by atoms with Crippen molar-refractivity contribution in [1.29, 1.82) is 0 Å². The number of hydrogen-bond acceptors (Lipinski definition) is 9. The van der Waals surface area contributed by atoms with Crippen LogP contribution >= 0.6 is 11.3 Å². The van der Waals surface area contributed by atoms with E-state index in [1.165, 1.54) is 11.3 Å². The molecule has 10 heteroatoms. The molecule has 1 atom stereocenters. The van der Waals surface area contributed by atoms with Crippen LogP contribution in [0, 0.1) is 0 Å². The van der Waals surface area contributed by atoms with Crippen LogP contribution in [0.5, 0.6) is 11.5 Å². The summed E-state index contributed by atoms with van der Waals surface area (Å²) < 4.78 is 16.4. The molecule has 0 fully saturated rings. The Morgan fingerprint density at radius 2 is 1.90 bits per heavy atom. The summed E-state index contributed by atoms with van der Waals surface area (Å²) in [5.41, 5.74) is 4.54. The molecule has 208 valence electrons. The molecule has 4 aromatic rings. The molecule has 0 bridgehead atoms. The van der Waals surface area contributed by atoms with Crippen LogP contribution in [0.25, 0.3) is 22.2 Å². The van der Waals surface area contributed by atoms with Gasteiger partial charge < -0.3 is 14.2 Å². The van der Waals surface area contributed by atoms with Crippen molar-refractivity contribution < 1.29 is 23.8 Å². The number of nitrogens with zero attached hydrogens (tertiary/aromatic N) is 3. The first-order valence-corrected chi connectivity index (χ1v) is 14.1. The van der Waals surface area contributed by atoms with Gasteiger partial charge in [0.25, 0.3) is 5.91 Å². The fourth-order valence-corrected chi connectivity index (χ4v) is 5.65. The van der Waals surface area contributed by atoms with Crippen molar-refractivity contribution in [2.45, 2.75) is 39.3 Å². The summed E-state index contributed by atoms with van der Waals surface area (Å²) >= 11 is 1.28. The van der Waals surface area contributed by atoms with Crippen molar-refractivity contribution in [3.63, 3.8) is 0 Å². The SMILES string of the molecule is CCCN1CCc2nc3ccccc3c(C(=O)OC(C)C(=O)Nc3nc(-c4ccc(OC)c(OC)c4)cs3)c2C1. The van der Waals surface area contributed by atoms with Gasteiger partial charge in [0.15, 0.2) is 22.7 Å². The number of pyridine rings is 1. The maximum Gasteiger partial charge on any atom is 0.339 e. The Morgan fingerprint density at radius 1 is 1.10 bits per heavy atom. The highest BCUT2D eigenvalue weighted by Crippen LogP contribution is 2.34. The first-order valence-electron chi connectivity index (χ1n) is 13.2. The van der Waals surface area contributed by atoms with E-state index in [9.17, 15) is 9.59 Å². The number of para-hydroxylation sites is 1. The third-order valence-corrected chi connectivity index (χ3v) is 7.69. The van der Waals surface area contributed by atoms with E-state index in [-0.39, 0.29) is 0 Å². The average molecular weight is 561 g/mol. The smallest absolute Gasteiger partial charge is 0.339 e. The molecule has 2 aromatic carbocycles. The van der Waals surface area contributed by atoms with Gasteiger partial charge >= 0.3 is 5.97 Å². The zero-order valence-corrected chi connectivity index (χ0v) is 23.8. The summed E-state index contributed by atoms with van der Waals surface area (Å²) in [6, 6.07) is 13.1. The highest BCUT2D eigenvalue weighted by Gasteiger charge is 2.28. The topological polar surface area (TPSA) is 103 Å². The summed E-state index contributed by atoms with van der Waals surface area (Å²) in [5, 5.41) is 5.75. The molecule has 5 rings (SSSR count). The second kappa shape index (κ2) is 12.0. The van der Waals surface area contributed by atoms with Crippen LogP contribution in [0.15, 0.2) is 47.8 Å². The van der Waals surface area contributed by atoms with Crippen LogP contribution in [0.2, 0.25) is 0 Å². The monoisotopic (exact) mass is 560 g/mol. The third-order valence-electron chi connectivity index (χ3n) is 6.94. The van der Waals surface area contributed by atoms with Gasteiger partial charge in [-0.15, -0.1) is 11.3 Å². The maximum absolute atomic E-state index is 13.6. The summed E-state index contributed by atoms with van der Waals surface area (Å²) in [4.78, 5) is 38.3. The predicted molar refractivity (Wildman–Crippen MR) is 155 cm³/mol. The number of anilines is 1. The van der Waals surface area contributed by atoms with Gasteiger partial charge in [-0.1, -0.05) is 25.1 Å². The maximum atomic E-state index is 13.6. The number of amides is 1. The van der Waals surface area contributed by atoms with Crippen LogP contribution in [0.3, 0.4) is 0 Å². The molecule has 1 aliphatic rings. The first-order chi connectivity index (χ1) is 19.4. The first kappa shape index (κ1) is 27.5. The molecular weight excluding hydrogens is 528 g/mol. The fourth-order valence-electron chi connectivity index (χ4n) is 4.93. The fraction of sp³-hybridized carbons (Fsp3) is 0.333. The van der Waals surface area contributed by atoms with E-state index in [0.717, 1.165) is 53.7 Å². The summed E-state index contributed by atoms with van der Waals surface area (Å²) in [7, 11) is 3.15. The van der Waals surface area contributed by atoms with Gasteiger partial charge in [0.2, 0.25) is 0 Å². The summed E-state index contributed by atoms with van der Waals surface area (Å²) in [6.45, 7) is 6.18. The average Bonchev–Trinajstić information content (AvgIpc) is 3.44. The predicted octanol–water partition coefficient (Wildman–Crippen LogP) is 5.33. The minimum atomic E-state index is -1.03. The zero-order valence-electron chi connectivity index (χ0n) is 23.0. The molecule has 0 aliphatic carbocycles. The number of thiazole rings is 1. The molecular formula is C30H32N4O5S. The van der Waals surface area contributed by atoms with Gasteiger partial charge in [-0.05, 0) is 44.2 Å². The highest BCUT2D eigenvalue weighted by atomic mass is 32.1. The number of aromatic nitrogens is 2. The quantitative estimate of drug-likeness (QED) is 0.274. The Labute approximate surface area is 237 Å². The number of methoxy groups -OCH3 is 2. The van der Waals surface area contributed by atoms with Crippen LogP contribution < -0.4 is 14.8 Å². The molecule has 3 heterocycles. The van der Waals surface area contributed by atoms with E-state index in [0.29, 0.717) is 34.4 Å². The molecule has 9 nitrogen and oxygen atoms in total. The Morgan fingerprint density at radius 3 is 2.67 bits per heavy atom. The van der Waals surface area contributed by atoms with E-state index in [1.807, 2.05) is 41.8 Å². The van der Waals surface area contributed by atoms with Gasteiger partial charge in [-0.3, -0.25) is 20.0 Å². The number of hydrogen-bond donors (Lipinski definition) is 1. The van der Waals surface area contributed by atoms with Gasteiger partial charge in [0.05, 0.1) is 31.0 Å². The van der Waals surface area contributed by atoms with Gasteiger partial charge in [-0.25, -0.2) is 9.78 Å². The second-order valence-electron chi connectivity index (χ2n) is 9.60. The van der Waals surface area contributed by atoms with Crippen LogP contribution in [-0.2, 0) is 22.5 Å². The van der Waals surface area contributed by atoms with Gasteiger partial charge in [0, 0.05) is 47.1 Å². The Hall–Kier alpha value is -4.02. The number of fused-ring (bicyclic) bond motifs is 2. The number of carbonyl (C=O) groups is 2. The minimum Gasteiger partial charge on any atom is -0.493 e. The normalized spacial score (nSPS) is 13.9. The molecule has 1 N–H and O–H groups in total. The number of carbonyl (C=O) groups excluding carboxylic acids is 2. The van der Waals surface area contributed by atoms with Crippen LogP contribution in [-0.4, -0.2) is 60.2 Å². The molecule has 0 saturated heterocycles. The van der Waals surface area contributed by atoms with E-state index < -0.39 is 18.0 Å². The van der Waals surface area contributed by atoms with Gasteiger partial charge in [-0.2, -0.15) is 0 Å². The molecule has 0 spiro atoms. The van der Waals surface area contributed by atoms with Crippen molar-refractivity contribution in [1.82, 2.24) is 14.9 Å². The largest absolute Gasteiger partial charge is 0.493 e. The molecule has 1 unspecified atom stereocenters. The van der Waals surface area contributed by atoms with Crippen molar-refractivity contribution in [3.8, 4) is 22.8 Å². The summed E-state index contributed by atoms with van der Waals surface area (Å²) in [5.74, 6) is 0.220. The molecule has 0 radical (unpaired) electrons. The minimum absolute atomic E-state index is 0.402. The van der Waals surface area contributed by atoms with Crippen molar-refractivity contribution in [2.24, 2.45) is 0 Å². The van der Waals surface area contributed by atoms with Crippen LogP contribution in [0.1, 0.15) is 41.9 Å². The Bertz CT molecular complexity index is 1550. The van der Waals surface area contributed by atoms with E-state index >= 15 is 0 Å². The number of rotatable bonds is 9. The number of benzene rings is 2. The number of ether oxygens (including phenoxy) is 3. The van der Waals surface area contributed by atoms with Gasteiger partial charge in [0.1, 0.15) is 0 Å².